The van der Waals surface area contributed by atoms with Crippen LogP contribution in [0.25, 0.3) is 0 Å². The number of nitrogens with two attached hydrogens (primary N) is 1. The fourth-order valence-corrected chi connectivity index (χ4v) is 4.46. The molecule has 1 fully saturated rings. The molecule has 0 saturated carbocycles. The molecular formula is C19H28N2. The molecule has 1 heterocycles. The average molecular weight is 284 g/mol. The molecule has 0 aromatic rings. The van der Waals surface area contributed by atoms with E-state index >= 15 is 0 Å². The van der Waals surface area contributed by atoms with Crippen LogP contribution in [0.15, 0.2) is 46.2 Å². The van der Waals surface area contributed by atoms with E-state index in [-0.39, 0.29) is 0 Å². The van der Waals surface area contributed by atoms with Crippen LogP contribution in [0.2, 0.25) is 0 Å². The van der Waals surface area contributed by atoms with Gasteiger partial charge in [-0.25, -0.2) is 0 Å². The Morgan fingerprint density at radius 3 is 2.48 bits per heavy atom. The third-order valence-electron chi connectivity index (χ3n) is 5.32. The lowest BCUT2D eigenvalue weighted by molar-refractivity contribution is 0.183. The molecule has 3 rings (SSSR count). The van der Waals surface area contributed by atoms with Gasteiger partial charge in [0.2, 0.25) is 0 Å². The van der Waals surface area contributed by atoms with Gasteiger partial charge in [-0.1, -0.05) is 12.2 Å². The van der Waals surface area contributed by atoms with Gasteiger partial charge in [-0.3, -0.25) is 4.90 Å². The van der Waals surface area contributed by atoms with Crippen LogP contribution < -0.4 is 5.73 Å². The lowest BCUT2D eigenvalue weighted by atomic mass is 9.82. The van der Waals surface area contributed by atoms with Crippen LogP contribution in [0, 0.1) is 0 Å². The molecule has 0 amide bonds. The summed E-state index contributed by atoms with van der Waals surface area (Å²) in [6, 6.07) is 1.67. The number of hydrogen-bond donors (Lipinski definition) is 1. The third-order valence-corrected chi connectivity index (χ3v) is 5.32. The summed E-state index contributed by atoms with van der Waals surface area (Å²) in [5.41, 5.74) is 13.3. The predicted octanol–water partition coefficient (Wildman–Crippen LogP) is 4.07. The third kappa shape index (κ3) is 2.40. The first-order valence-corrected chi connectivity index (χ1v) is 8.37. The first-order chi connectivity index (χ1) is 10.0. The first kappa shape index (κ1) is 14.6. The van der Waals surface area contributed by atoms with Crippen molar-refractivity contribution in [3.05, 3.63) is 46.2 Å². The van der Waals surface area contributed by atoms with Crippen LogP contribution in [0.4, 0.5) is 0 Å². The van der Waals surface area contributed by atoms with Gasteiger partial charge in [-0.05, 0) is 81.7 Å². The summed E-state index contributed by atoms with van der Waals surface area (Å²) in [5.74, 6) is 0. The van der Waals surface area contributed by atoms with Gasteiger partial charge in [-0.15, -0.1) is 0 Å². The van der Waals surface area contributed by atoms with Gasteiger partial charge in [0.15, 0.2) is 0 Å². The quantitative estimate of drug-likeness (QED) is 0.828. The second-order valence-electron chi connectivity index (χ2n) is 6.92. The zero-order valence-corrected chi connectivity index (χ0v) is 13.8. The van der Waals surface area contributed by atoms with Crippen LogP contribution in [-0.2, 0) is 0 Å². The van der Waals surface area contributed by atoms with E-state index in [0.29, 0.717) is 18.1 Å². The molecule has 2 nitrogen and oxygen atoms in total. The molecule has 0 aromatic heterocycles. The van der Waals surface area contributed by atoms with Crippen molar-refractivity contribution in [3.63, 3.8) is 0 Å². The van der Waals surface area contributed by atoms with Crippen molar-refractivity contribution in [2.45, 2.75) is 71.5 Å². The van der Waals surface area contributed by atoms with E-state index in [4.69, 9.17) is 5.73 Å². The van der Waals surface area contributed by atoms with Crippen molar-refractivity contribution in [1.82, 2.24) is 4.90 Å². The molecule has 21 heavy (non-hydrogen) atoms. The summed E-state index contributed by atoms with van der Waals surface area (Å²) in [6.07, 6.45) is 11.4. The second-order valence-corrected chi connectivity index (χ2v) is 6.92. The Kier molecular flexibility index (Phi) is 3.83. The summed E-state index contributed by atoms with van der Waals surface area (Å²) in [6.45, 7) is 9.37. The van der Waals surface area contributed by atoms with Crippen molar-refractivity contribution < 1.29 is 0 Å². The molecule has 2 atom stereocenters. The Hall–Kier alpha value is -1.28. The van der Waals surface area contributed by atoms with Crippen molar-refractivity contribution in [3.8, 4) is 0 Å². The van der Waals surface area contributed by atoms with E-state index in [1.54, 1.807) is 16.7 Å². The standard InChI is InChI=1S/C19H28N2/c1-12(2)21-13(3)17-6-5-7-18(19(17)14(21)4)15-8-10-16(20)11-9-15/h6,8,10,12-14H,5,7,9,11,20H2,1-4H3. The van der Waals surface area contributed by atoms with Crippen molar-refractivity contribution in [2.24, 2.45) is 5.73 Å². The summed E-state index contributed by atoms with van der Waals surface area (Å²) >= 11 is 0. The molecule has 1 aliphatic heterocycles. The maximum absolute atomic E-state index is 5.93. The number of rotatable bonds is 2. The Bertz CT molecular complexity index is 560. The smallest absolute Gasteiger partial charge is 0.0334 e. The summed E-state index contributed by atoms with van der Waals surface area (Å²) in [5, 5.41) is 0. The molecule has 2 aliphatic carbocycles. The number of fused-ring (bicyclic) bond motifs is 1. The summed E-state index contributed by atoms with van der Waals surface area (Å²) in [7, 11) is 0. The van der Waals surface area contributed by atoms with Gasteiger partial charge in [-0.2, -0.15) is 0 Å². The highest BCUT2D eigenvalue weighted by Gasteiger charge is 2.40. The fraction of sp³-hybridized carbons (Fsp3) is 0.579. The van der Waals surface area contributed by atoms with Crippen LogP contribution in [-0.4, -0.2) is 23.0 Å². The molecule has 2 heteroatoms. The van der Waals surface area contributed by atoms with Crippen LogP contribution in [0.5, 0.6) is 0 Å². The summed E-state index contributed by atoms with van der Waals surface area (Å²) in [4.78, 5) is 2.65. The van der Waals surface area contributed by atoms with Crippen LogP contribution in [0.3, 0.4) is 0 Å². The SMILES string of the molecule is CC(C)N1C(C)C2=CCCC(C3=CC=C(N)CC3)=C2C1C. The Morgan fingerprint density at radius 1 is 1.10 bits per heavy atom. The van der Waals surface area contributed by atoms with E-state index in [9.17, 15) is 0 Å². The Morgan fingerprint density at radius 2 is 1.86 bits per heavy atom. The number of allylic oxidation sites excluding steroid dienone is 6. The Labute approximate surface area is 129 Å². The maximum Gasteiger partial charge on any atom is 0.0334 e. The van der Waals surface area contributed by atoms with Gasteiger partial charge < -0.3 is 5.73 Å². The predicted molar refractivity (Wildman–Crippen MR) is 89.8 cm³/mol. The van der Waals surface area contributed by atoms with Crippen molar-refractivity contribution in [1.29, 1.82) is 0 Å². The van der Waals surface area contributed by atoms with Gasteiger partial charge in [0.05, 0.1) is 0 Å². The van der Waals surface area contributed by atoms with Gasteiger partial charge in [0.1, 0.15) is 0 Å². The van der Waals surface area contributed by atoms with E-state index in [1.165, 1.54) is 18.4 Å². The van der Waals surface area contributed by atoms with Crippen LogP contribution >= 0.6 is 0 Å². The number of hydrogen-bond acceptors (Lipinski definition) is 2. The molecule has 2 N–H and O–H groups in total. The summed E-state index contributed by atoms with van der Waals surface area (Å²) < 4.78 is 0. The maximum atomic E-state index is 5.93. The number of likely N-dealkylation sites (tertiary alicyclic amines) is 1. The minimum atomic E-state index is 0.533. The zero-order chi connectivity index (χ0) is 15.1. The normalized spacial score (nSPS) is 30.2. The minimum Gasteiger partial charge on any atom is -0.402 e. The molecule has 1 saturated heterocycles. The van der Waals surface area contributed by atoms with Gasteiger partial charge in [0, 0.05) is 23.8 Å². The Balaban J connectivity index is 2.05. The minimum absolute atomic E-state index is 0.533. The fourth-order valence-electron chi connectivity index (χ4n) is 4.46. The first-order valence-electron chi connectivity index (χ1n) is 8.37. The molecule has 2 unspecified atom stereocenters. The topological polar surface area (TPSA) is 29.3 Å². The molecule has 0 radical (unpaired) electrons. The van der Waals surface area contributed by atoms with Crippen molar-refractivity contribution in [2.75, 3.05) is 0 Å². The lowest BCUT2D eigenvalue weighted by Gasteiger charge is -2.30. The molecule has 114 valence electrons. The molecule has 0 bridgehead atoms. The highest BCUT2D eigenvalue weighted by molar-refractivity contribution is 5.55. The largest absolute Gasteiger partial charge is 0.402 e. The molecular weight excluding hydrogens is 256 g/mol. The molecule has 3 aliphatic rings. The monoisotopic (exact) mass is 284 g/mol. The highest BCUT2D eigenvalue weighted by Crippen LogP contribution is 2.44. The molecule has 0 aromatic carbocycles. The zero-order valence-electron chi connectivity index (χ0n) is 13.8. The number of nitrogens with zero attached hydrogens (tertiary/aromatic N) is 1. The van der Waals surface area contributed by atoms with Crippen molar-refractivity contribution >= 4 is 0 Å². The van der Waals surface area contributed by atoms with Gasteiger partial charge >= 0.3 is 0 Å². The van der Waals surface area contributed by atoms with E-state index < -0.39 is 0 Å². The average Bonchev–Trinajstić information content (AvgIpc) is 2.72. The molecule has 0 spiro atoms. The highest BCUT2D eigenvalue weighted by atomic mass is 15.2. The van der Waals surface area contributed by atoms with E-state index in [2.05, 4.69) is 50.8 Å². The van der Waals surface area contributed by atoms with Crippen LogP contribution in [0.1, 0.15) is 53.4 Å². The second kappa shape index (κ2) is 5.49. The van der Waals surface area contributed by atoms with E-state index in [0.717, 1.165) is 18.5 Å². The lowest BCUT2D eigenvalue weighted by Crippen LogP contribution is -2.39. The van der Waals surface area contributed by atoms with Gasteiger partial charge in [0.25, 0.3) is 0 Å². The van der Waals surface area contributed by atoms with E-state index in [1.807, 2.05) is 0 Å².